The number of amides is 1. The molecule has 1 aliphatic carbocycles. The van der Waals surface area contributed by atoms with Gasteiger partial charge in [-0.15, -0.1) is 0 Å². The summed E-state index contributed by atoms with van der Waals surface area (Å²) in [5.74, 6) is -3.92. The van der Waals surface area contributed by atoms with Crippen LogP contribution in [0.3, 0.4) is 0 Å². The molecule has 0 radical (unpaired) electrons. The molecule has 1 amide bonds. The Morgan fingerprint density at radius 3 is 2.63 bits per heavy atom. The molecule has 100 valence electrons. The molecule has 2 unspecified atom stereocenters. The molecule has 2 N–H and O–H groups in total. The number of nitrogens with one attached hydrogen (secondary N) is 1. The summed E-state index contributed by atoms with van der Waals surface area (Å²) in [7, 11) is 0. The van der Waals surface area contributed by atoms with Crippen molar-refractivity contribution in [3.8, 4) is 0 Å². The van der Waals surface area contributed by atoms with Crippen molar-refractivity contribution in [2.24, 2.45) is 11.8 Å². The Kier molecular flexibility index (Phi) is 3.16. The van der Waals surface area contributed by atoms with Gasteiger partial charge in [-0.2, -0.15) is 0 Å². The first-order valence-corrected chi connectivity index (χ1v) is 5.37. The lowest BCUT2D eigenvalue weighted by Gasteiger charge is -2.05. The third-order valence-electron chi connectivity index (χ3n) is 2.86. The second-order valence-electron chi connectivity index (χ2n) is 4.19. The summed E-state index contributed by atoms with van der Waals surface area (Å²) >= 11 is 0. The van der Waals surface area contributed by atoms with Crippen molar-refractivity contribution in [3.05, 3.63) is 34.1 Å². The number of nitro benzene ring substituents is 1. The SMILES string of the molecule is O=C(O)C1CC1C(=O)Nc1ccc(F)cc1[N+](=O)[O-]. The Balaban J connectivity index is 2.14. The maximum absolute atomic E-state index is 12.9. The number of halogens is 1. The number of anilines is 1. The van der Waals surface area contributed by atoms with Crippen molar-refractivity contribution >= 4 is 23.3 Å². The van der Waals surface area contributed by atoms with Crippen LogP contribution in [0.1, 0.15) is 6.42 Å². The number of hydrogen-bond acceptors (Lipinski definition) is 4. The maximum atomic E-state index is 12.9. The molecule has 0 spiro atoms. The molecule has 0 heterocycles. The lowest BCUT2D eigenvalue weighted by atomic mass is 10.2. The highest BCUT2D eigenvalue weighted by atomic mass is 19.1. The number of rotatable bonds is 4. The number of benzene rings is 1. The van der Waals surface area contributed by atoms with Crippen LogP contribution in [0.15, 0.2) is 18.2 Å². The van der Waals surface area contributed by atoms with Crippen LogP contribution in [-0.2, 0) is 9.59 Å². The first-order chi connectivity index (χ1) is 8.90. The van der Waals surface area contributed by atoms with Gasteiger partial charge in [-0.1, -0.05) is 0 Å². The fourth-order valence-electron chi connectivity index (χ4n) is 1.74. The van der Waals surface area contributed by atoms with Gasteiger partial charge in [-0.05, 0) is 18.6 Å². The van der Waals surface area contributed by atoms with Crippen molar-refractivity contribution in [2.75, 3.05) is 5.32 Å². The predicted molar refractivity (Wildman–Crippen MR) is 60.9 cm³/mol. The molecule has 2 atom stereocenters. The highest BCUT2D eigenvalue weighted by Crippen LogP contribution is 2.40. The zero-order valence-electron chi connectivity index (χ0n) is 9.50. The number of nitro groups is 1. The van der Waals surface area contributed by atoms with Crippen LogP contribution in [0.4, 0.5) is 15.8 Å². The van der Waals surface area contributed by atoms with Gasteiger partial charge < -0.3 is 10.4 Å². The van der Waals surface area contributed by atoms with Crippen molar-refractivity contribution in [2.45, 2.75) is 6.42 Å². The summed E-state index contributed by atoms with van der Waals surface area (Å²) in [6.07, 6.45) is 0.205. The molecular weight excluding hydrogens is 259 g/mol. The van der Waals surface area contributed by atoms with E-state index in [0.29, 0.717) is 6.07 Å². The van der Waals surface area contributed by atoms with E-state index < -0.39 is 40.1 Å². The Hall–Kier alpha value is -2.51. The lowest BCUT2D eigenvalue weighted by molar-refractivity contribution is -0.384. The molecular formula is C11H9FN2O5. The summed E-state index contributed by atoms with van der Waals surface area (Å²) in [6.45, 7) is 0. The molecule has 0 aliphatic heterocycles. The van der Waals surface area contributed by atoms with Crippen LogP contribution in [0.2, 0.25) is 0 Å². The molecule has 7 nitrogen and oxygen atoms in total. The standard InChI is InChI=1S/C11H9FN2O5/c12-5-1-2-8(9(3-5)14(18)19)13-10(15)6-4-7(6)11(16)17/h1-3,6-7H,4H2,(H,13,15)(H,16,17). The molecule has 1 fully saturated rings. The second kappa shape index (κ2) is 4.63. The molecule has 8 heteroatoms. The van der Waals surface area contributed by atoms with Gasteiger partial charge in [0.2, 0.25) is 5.91 Å². The summed E-state index contributed by atoms with van der Waals surface area (Å²) in [5, 5.41) is 21.6. The van der Waals surface area contributed by atoms with E-state index in [0.717, 1.165) is 12.1 Å². The van der Waals surface area contributed by atoms with Gasteiger partial charge >= 0.3 is 5.97 Å². The number of carbonyl (C=O) groups is 2. The average molecular weight is 268 g/mol. The number of hydrogen-bond donors (Lipinski definition) is 2. The zero-order chi connectivity index (χ0) is 14.2. The van der Waals surface area contributed by atoms with E-state index in [1.165, 1.54) is 0 Å². The molecule has 0 saturated heterocycles. The normalized spacial score (nSPS) is 20.7. The van der Waals surface area contributed by atoms with E-state index in [9.17, 15) is 24.1 Å². The minimum absolute atomic E-state index is 0.146. The van der Waals surface area contributed by atoms with Crippen LogP contribution < -0.4 is 5.32 Å². The van der Waals surface area contributed by atoms with Crippen LogP contribution in [0.25, 0.3) is 0 Å². The molecule has 1 saturated carbocycles. The zero-order valence-corrected chi connectivity index (χ0v) is 9.50. The number of aliphatic carboxylic acids is 1. The third-order valence-corrected chi connectivity index (χ3v) is 2.86. The van der Waals surface area contributed by atoms with E-state index in [-0.39, 0.29) is 12.1 Å². The fourth-order valence-corrected chi connectivity index (χ4v) is 1.74. The van der Waals surface area contributed by atoms with Crippen LogP contribution in [-0.4, -0.2) is 21.9 Å². The van der Waals surface area contributed by atoms with Gasteiger partial charge in [-0.25, -0.2) is 4.39 Å². The van der Waals surface area contributed by atoms with Gasteiger partial charge in [-0.3, -0.25) is 19.7 Å². The van der Waals surface area contributed by atoms with E-state index in [1.807, 2.05) is 0 Å². The van der Waals surface area contributed by atoms with Gasteiger partial charge in [0.1, 0.15) is 11.5 Å². The lowest BCUT2D eigenvalue weighted by Crippen LogP contribution is -2.17. The molecule has 2 rings (SSSR count). The minimum atomic E-state index is -1.08. The molecule has 1 aliphatic rings. The first kappa shape index (κ1) is 12.9. The maximum Gasteiger partial charge on any atom is 0.307 e. The van der Waals surface area contributed by atoms with Gasteiger partial charge in [0.05, 0.1) is 22.8 Å². The van der Waals surface area contributed by atoms with Gasteiger partial charge in [0, 0.05) is 0 Å². The van der Waals surface area contributed by atoms with E-state index in [2.05, 4.69) is 5.32 Å². The summed E-state index contributed by atoms with van der Waals surface area (Å²) in [4.78, 5) is 32.2. The number of carbonyl (C=O) groups excluding carboxylic acids is 1. The number of carboxylic acids is 1. The van der Waals surface area contributed by atoms with Crippen LogP contribution in [0.5, 0.6) is 0 Å². The van der Waals surface area contributed by atoms with Gasteiger partial charge in [0.25, 0.3) is 5.69 Å². The molecule has 0 bridgehead atoms. The third kappa shape index (κ3) is 2.67. The highest BCUT2D eigenvalue weighted by Gasteiger charge is 2.48. The van der Waals surface area contributed by atoms with Crippen LogP contribution in [0, 0.1) is 27.8 Å². The van der Waals surface area contributed by atoms with E-state index in [1.54, 1.807) is 0 Å². The predicted octanol–water partition coefficient (Wildman–Crippen LogP) is 1.39. The largest absolute Gasteiger partial charge is 0.481 e. The van der Waals surface area contributed by atoms with Crippen LogP contribution >= 0.6 is 0 Å². The molecule has 1 aromatic carbocycles. The van der Waals surface area contributed by atoms with Crippen molar-refractivity contribution in [3.63, 3.8) is 0 Å². The van der Waals surface area contributed by atoms with Crippen molar-refractivity contribution < 1.29 is 24.0 Å². The minimum Gasteiger partial charge on any atom is -0.481 e. The Bertz CT molecular complexity index is 574. The van der Waals surface area contributed by atoms with E-state index in [4.69, 9.17) is 5.11 Å². The Morgan fingerprint density at radius 2 is 2.11 bits per heavy atom. The molecule has 0 aromatic heterocycles. The van der Waals surface area contributed by atoms with E-state index >= 15 is 0 Å². The Morgan fingerprint density at radius 1 is 1.42 bits per heavy atom. The monoisotopic (exact) mass is 268 g/mol. The van der Waals surface area contributed by atoms with Gasteiger partial charge in [0.15, 0.2) is 0 Å². The summed E-state index contributed by atoms with van der Waals surface area (Å²) in [5.41, 5.74) is -0.715. The quantitative estimate of drug-likeness (QED) is 0.633. The highest BCUT2D eigenvalue weighted by molar-refractivity contribution is 5.99. The Labute approximate surface area is 106 Å². The number of carboxylic acid groups (broad SMARTS) is 1. The molecule has 1 aromatic rings. The fraction of sp³-hybridized carbons (Fsp3) is 0.273. The van der Waals surface area contributed by atoms with Crippen molar-refractivity contribution in [1.29, 1.82) is 0 Å². The smallest absolute Gasteiger partial charge is 0.307 e. The summed E-state index contributed by atoms with van der Waals surface area (Å²) < 4.78 is 12.9. The average Bonchev–Trinajstić information content (AvgIpc) is 3.11. The number of nitrogens with zero attached hydrogens (tertiary/aromatic N) is 1. The molecule has 19 heavy (non-hydrogen) atoms. The van der Waals surface area contributed by atoms with Crippen molar-refractivity contribution in [1.82, 2.24) is 0 Å². The first-order valence-electron chi connectivity index (χ1n) is 5.37. The summed E-state index contributed by atoms with van der Waals surface area (Å²) in [6, 6.07) is 2.74. The topological polar surface area (TPSA) is 110 Å². The second-order valence-corrected chi connectivity index (χ2v) is 4.19.